The predicted molar refractivity (Wildman–Crippen MR) is 105 cm³/mol. The number of carbonyl (C=O) groups excluding carboxylic acids is 1. The molecule has 1 amide bonds. The minimum Gasteiger partial charge on any atom is -0.296 e. The quantitative estimate of drug-likeness (QED) is 0.433. The number of thioether (sulfide) groups is 1. The lowest BCUT2D eigenvalue weighted by molar-refractivity contribution is 0.102. The molecule has 1 aromatic heterocycles. The average Bonchev–Trinajstić information content (AvgIpc) is 3.01. The van der Waals surface area contributed by atoms with Crippen LogP contribution in [0.5, 0.6) is 0 Å². The molecule has 128 valence electrons. The maximum Gasteiger partial charge on any atom is 0.259 e. The van der Waals surface area contributed by atoms with Crippen molar-refractivity contribution in [2.24, 2.45) is 0 Å². The van der Waals surface area contributed by atoms with Gasteiger partial charge >= 0.3 is 0 Å². The first kappa shape index (κ1) is 18.2. The maximum absolute atomic E-state index is 12.3. The van der Waals surface area contributed by atoms with Gasteiger partial charge in [0.15, 0.2) is 4.34 Å². The molecule has 0 atom stereocenters. The van der Waals surface area contributed by atoms with Gasteiger partial charge in [-0.1, -0.05) is 70.6 Å². The van der Waals surface area contributed by atoms with Crippen LogP contribution >= 0.6 is 46.3 Å². The Morgan fingerprint density at radius 3 is 2.72 bits per heavy atom. The van der Waals surface area contributed by atoms with Gasteiger partial charge in [0, 0.05) is 10.8 Å². The van der Waals surface area contributed by atoms with Crippen molar-refractivity contribution in [3.8, 4) is 0 Å². The number of carbonyl (C=O) groups is 1. The number of hydrogen-bond acceptors (Lipinski definition) is 5. The lowest BCUT2D eigenvalue weighted by Gasteiger charge is -2.04. The molecule has 0 fully saturated rings. The third kappa shape index (κ3) is 4.73. The van der Waals surface area contributed by atoms with Gasteiger partial charge in [0.1, 0.15) is 0 Å². The third-order valence-corrected chi connectivity index (χ3v) is 6.01. The summed E-state index contributed by atoms with van der Waals surface area (Å²) < 4.78 is 0.755. The van der Waals surface area contributed by atoms with Gasteiger partial charge in [-0.05, 0) is 36.2 Å². The van der Waals surface area contributed by atoms with E-state index < -0.39 is 0 Å². The van der Waals surface area contributed by atoms with Gasteiger partial charge in [0.2, 0.25) is 5.13 Å². The Kier molecular flexibility index (Phi) is 5.96. The fraction of sp³-hybridized carbons (Fsp3) is 0.118. The lowest BCUT2D eigenvalue weighted by Crippen LogP contribution is -2.12. The molecule has 0 unspecified atom stereocenters. The van der Waals surface area contributed by atoms with Crippen LogP contribution in [-0.4, -0.2) is 16.1 Å². The molecule has 25 heavy (non-hydrogen) atoms. The molecule has 0 aliphatic carbocycles. The van der Waals surface area contributed by atoms with E-state index in [2.05, 4.69) is 15.5 Å². The largest absolute Gasteiger partial charge is 0.296 e. The van der Waals surface area contributed by atoms with Crippen molar-refractivity contribution in [2.75, 3.05) is 5.32 Å². The summed E-state index contributed by atoms with van der Waals surface area (Å²) in [6.07, 6.45) is 0. The van der Waals surface area contributed by atoms with E-state index in [9.17, 15) is 4.79 Å². The van der Waals surface area contributed by atoms with E-state index in [1.54, 1.807) is 12.1 Å². The second-order valence-electron chi connectivity index (χ2n) is 5.19. The van der Waals surface area contributed by atoms with E-state index in [1.165, 1.54) is 23.1 Å². The molecule has 3 rings (SSSR count). The summed E-state index contributed by atoms with van der Waals surface area (Å²) >= 11 is 15.1. The summed E-state index contributed by atoms with van der Waals surface area (Å²) in [7, 11) is 0. The number of aryl methyl sites for hydroxylation is 1. The van der Waals surface area contributed by atoms with Crippen LogP contribution in [0.15, 0.2) is 46.8 Å². The first-order chi connectivity index (χ1) is 12.0. The Morgan fingerprint density at radius 1 is 1.16 bits per heavy atom. The predicted octanol–water partition coefficient (Wildman–Crippen LogP) is 5.70. The van der Waals surface area contributed by atoms with E-state index in [0.29, 0.717) is 21.5 Å². The minimum absolute atomic E-state index is 0.302. The maximum atomic E-state index is 12.3. The number of anilines is 1. The average molecular weight is 410 g/mol. The topological polar surface area (TPSA) is 54.9 Å². The number of nitrogens with zero attached hydrogens (tertiary/aromatic N) is 2. The SMILES string of the molecule is Cc1ccc(C(=O)Nc2nnc(SCc3ccccc3Cl)s2)c(Cl)c1. The van der Waals surface area contributed by atoms with Crippen LogP contribution < -0.4 is 5.32 Å². The molecular weight excluding hydrogens is 397 g/mol. The van der Waals surface area contributed by atoms with Crippen molar-refractivity contribution in [1.82, 2.24) is 10.2 Å². The molecule has 8 heteroatoms. The molecule has 2 aromatic carbocycles. The van der Waals surface area contributed by atoms with E-state index >= 15 is 0 Å². The molecule has 0 saturated carbocycles. The molecular formula is C17H13Cl2N3OS2. The summed E-state index contributed by atoms with van der Waals surface area (Å²) in [5.41, 5.74) is 2.44. The lowest BCUT2D eigenvalue weighted by atomic mass is 10.1. The summed E-state index contributed by atoms with van der Waals surface area (Å²) in [6.45, 7) is 1.92. The Hall–Kier alpha value is -1.60. The normalized spacial score (nSPS) is 10.7. The molecule has 0 radical (unpaired) electrons. The number of halogens is 2. The standard InChI is InChI=1S/C17H13Cl2N3OS2/c1-10-6-7-12(14(19)8-10)15(23)20-16-21-22-17(25-16)24-9-11-4-2-3-5-13(11)18/h2-8H,9H2,1H3,(H,20,21,23). The number of benzene rings is 2. The van der Waals surface area contributed by atoms with Crippen molar-refractivity contribution in [2.45, 2.75) is 17.0 Å². The third-order valence-electron chi connectivity index (χ3n) is 3.31. The van der Waals surface area contributed by atoms with Crippen molar-refractivity contribution in [1.29, 1.82) is 0 Å². The zero-order chi connectivity index (χ0) is 17.8. The highest BCUT2D eigenvalue weighted by molar-refractivity contribution is 8.00. The second kappa shape index (κ2) is 8.19. The van der Waals surface area contributed by atoms with E-state index in [4.69, 9.17) is 23.2 Å². The van der Waals surface area contributed by atoms with Gasteiger partial charge in [-0.2, -0.15) is 0 Å². The van der Waals surface area contributed by atoms with Crippen LogP contribution in [0.25, 0.3) is 0 Å². The van der Waals surface area contributed by atoms with Gasteiger partial charge in [0.05, 0.1) is 10.6 Å². The molecule has 0 aliphatic heterocycles. The first-order valence-corrected chi connectivity index (χ1v) is 9.86. The van der Waals surface area contributed by atoms with E-state index in [1.807, 2.05) is 37.3 Å². The molecule has 0 saturated heterocycles. The van der Waals surface area contributed by atoms with Crippen LogP contribution in [0.2, 0.25) is 10.0 Å². The van der Waals surface area contributed by atoms with E-state index in [-0.39, 0.29) is 5.91 Å². The van der Waals surface area contributed by atoms with Crippen LogP contribution in [0, 0.1) is 6.92 Å². The minimum atomic E-state index is -0.302. The van der Waals surface area contributed by atoms with Crippen molar-refractivity contribution in [3.05, 3.63) is 69.2 Å². The Labute approximate surface area is 163 Å². The summed E-state index contributed by atoms with van der Waals surface area (Å²) in [6, 6.07) is 12.9. The zero-order valence-electron chi connectivity index (χ0n) is 13.1. The van der Waals surface area contributed by atoms with Crippen LogP contribution in [-0.2, 0) is 5.75 Å². The van der Waals surface area contributed by atoms with Gasteiger partial charge in [-0.3, -0.25) is 10.1 Å². The number of rotatable bonds is 5. The van der Waals surface area contributed by atoms with Gasteiger partial charge in [0.25, 0.3) is 5.91 Å². The highest BCUT2D eigenvalue weighted by atomic mass is 35.5. The first-order valence-electron chi connectivity index (χ1n) is 7.30. The number of hydrogen-bond donors (Lipinski definition) is 1. The molecule has 0 spiro atoms. The summed E-state index contributed by atoms with van der Waals surface area (Å²) in [5, 5.41) is 12.4. The Morgan fingerprint density at radius 2 is 1.96 bits per heavy atom. The molecule has 1 N–H and O–H groups in total. The van der Waals surface area contributed by atoms with Crippen molar-refractivity contribution in [3.63, 3.8) is 0 Å². The highest BCUT2D eigenvalue weighted by Gasteiger charge is 2.14. The Bertz CT molecular complexity index is 914. The second-order valence-corrected chi connectivity index (χ2v) is 8.21. The number of amides is 1. The van der Waals surface area contributed by atoms with E-state index in [0.717, 1.165) is 20.5 Å². The number of nitrogens with one attached hydrogen (secondary N) is 1. The van der Waals surface area contributed by atoms with Crippen molar-refractivity contribution >= 4 is 57.3 Å². The van der Waals surface area contributed by atoms with Crippen LogP contribution in [0.1, 0.15) is 21.5 Å². The van der Waals surface area contributed by atoms with Crippen molar-refractivity contribution < 1.29 is 4.79 Å². The zero-order valence-corrected chi connectivity index (χ0v) is 16.3. The number of aromatic nitrogens is 2. The molecule has 0 bridgehead atoms. The van der Waals surface area contributed by atoms with Gasteiger partial charge in [-0.25, -0.2) is 0 Å². The Balaban J connectivity index is 1.63. The van der Waals surface area contributed by atoms with Gasteiger partial charge < -0.3 is 0 Å². The van der Waals surface area contributed by atoms with Crippen LogP contribution in [0.3, 0.4) is 0 Å². The fourth-order valence-corrected chi connectivity index (χ4v) is 4.40. The fourth-order valence-electron chi connectivity index (χ4n) is 2.04. The molecule has 0 aliphatic rings. The van der Waals surface area contributed by atoms with Gasteiger partial charge in [-0.15, -0.1) is 10.2 Å². The highest BCUT2D eigenvalue weighted by Crippen LogP contribution is 2.30. The summed E-state index contributed by atoms with van der Waals surface area (Å²) in [4.78, 5) is 12.3. The molecule has 3 aromatic rings. The monoisotopic (exact) mass is 409 g/mol. The van der Waals surface area contributed by atoms with Crippen LogP contribution in [0.4, 0.5) is 5.13 Å². The smallest absolute Gasteiger partial charge is 0.259 e. The molecule has 4 nitrogen and oxygen atoms in total. The summed E-state index contributed by atoms with van der Waals surface area (Å²) in [5.74, 6) is 0.385. The molecule has 1 heterocycles.